The van der Waals surface area contributed by atoms with E-state index in [1.54, 1.807) is 18.0 Å². The first-order chi connectivity index (χ1) is 14.4. The first-order valence-electron chi connectivity index (χ1n) is 9.96. The highest BCUT2D eigenvalue weighted by Gasteiger charge is 2.21. The molecule has 6 nitrogen and oxygen atoms in total. The van der Waals surface area contributed by atoms with Gasteiger partial charge in [-0.05, 0) is 42.7 Å². The second-order valence-corrected chi connectivity index (χ2v) is 7.90. The van der Waals surface area contributed by atoms with E-state index in [4.69, 9.17) is 26.2 Å². The highest BCUT2D eigenvalue weighted by molar-refractivity contribution is 6.32. The number of halogens is 1. The number of carbonyl (C=O) groups is 1. The van der Waals surface area contributed by atoms with Crippen molar-refractivity contribution in [3.63, 3.8) is 0 Å². The summed E-state index contributed by atoms with van der Waals surface area (Å²) in [4.78, 5) is 14.8. The van der Waals surface area contributed by atoms with E-state index in [0.29, 0.717) is 22.1 Å². The topological polar surface area (TPSA) is 56.6 Å². The minimum absolute atomic E-state index is 0.129. The molecule has 2 heterocycles. The first-order valence-corrected chi connectivity index (χ1v) is 10.3. The molecule has 0 bridgehead atoms. The molecule has 0 atom stereocenters. The Morgan fingerprint density at radius 3 is 2.70 bits per heavy atom. The number of ether oxygens (including phenoxy) is 2. The average molecular weight is 426 g/mol. The molecule has 0 spiro atoms. The summed E-state index contributed by atoms with van der Waals surface area (Å²) >= 11 is 6.57. The Hall–Kier alpha value is -2.99. The minimum Gasteiger partial charge on any atom is -0.454 e. The van der Waals surface area contributed by atoms with Gasteiger partial charge in [0.05, 0.1) is 22.1 Å². The van der Waals surface area contributed by atoms with Crippen LogP contribution in [-0.4, -0.2) is 29.5 Å². The molecule has 7 heteroatoms. The summed E-state index contributed by atoms with van der Waals surface area (Å²) < 4.78 is 12.6. The summed E-state index contributed by atoms with van der Waals surface area (Å²) in [6, 6.07) is 12.9. The second kappa shape index (κ2) is 8.03. The standard InChI is InChI=1S/C23H24ClN3O3/c1-5-18-21(24)22(14(2)3)27(25-18)17-8-6-7-15(11-17)23(28)26(4)16-9-10-19-20(12-16)30-13-29-19/h6-12,14H,5,13H2,1-4H3. The summed E-state index contributed by atoms with van der Waals surface area (Å²) in [6.07, 6.45) is 0.747. The zero-order chi connectivity index (χ0) is 21.4. The van der Waals surface area contributed by atoms with E-state index in [1.165, 1.54) is 0 Å². The van der Waals surface area contributed by atoms with E-state index < -0.39 is 0 Å². The van der Waals surface area contributed by atoms with Crippen molar-refractivity contribution in [2.45, 2.75) is 33.1 Å². The van der Waals surface area contributed by atoms with Crippen LogP contribution in [0.4, 0.5) is 5.69 Å². The molecule has 0 aliphatic carbocycles. The van der Waals surface area contributed by atoms with Gasteiger partial charge in [0.15, 0.2) is 11.5 Å². The Kier molecular flexibility index (Phi) is 5.43. The summed E-state index contributed by atoms with van der Waals surface area (Å²) in [6.45, 7) is 6.40. The van der Waals surface area contributed by atoms with Crippen molar-refractivity contribution in [2.24, 2.45) is 0 Å². The molecule has 3 aromatic rings. The number of anilines is 1. The fourth-order valence-electron chi connectivity index (χ4n) is 3.56. The summed E-state index contributed by atoms with van der Waals surface area (Å²) in [5.74, 6) is 1.39. The number of aryl methyl sites for hydroxylation is 1. The van der Waals surface area contributed by atoms with Gasteiger partial charge in [-0.25, -0.2) is 4.68 Å². The van der Waals surface area contributed by atoms with Crippen molar-refractivity contribution in [1.29, 1.82) is 0 Å². The van der Waals surface area contributed by atoms with Crippen molar-refractivity contribution in [1.82, 2.24) is 9.78 Å². The number of hydrogen-bond acceptors (Lipinski definition) is 4. The molecule has 1 aliphatic rings. The molecule has 4 rings (SSSR count). The van der Waals surface area contributed by atoms with Crippen LogP contribution in [0.3, 0.4) is 0 Å². The summed E-state index contributed by atoms with van der Waals surface area (Å²) in [7, 11) is 1.74. The quantitative estimate of drug-likeness (QED) is 0.562. The first kappa shape index (κ1) is 20.3. The van der Waals surface area contributed by atoms with Gasteiger partial charge in [-0.1, -0.05) is 38.4 Å². The van der Waals surface area contributed by atoms with Gasteiger partial charge < -0.3 is 14.4 Å². The van der Waals surface area contributed by atoms with Gasteiger partial charge in [0.1, 0.15) is 0 Å². The largest absolute Gasteiger partial charge is 0.454 e. The van der Waals surface area contributed by atoms with Crippen LogP contribution < -0.4 is 14.4 Å². The smallest absolute Gasteiger partial charge is 0.258 e. The lowest BCUT2D eigenvalue weighted by Crippen LogP contribution is -2.26. The molecule has 0 fully saturated rings. The number of benzene rings is 2. The molecule has 0 saturated heterocycles. The third-order valence-corrected chi connectivity index (χ3v) is 5.61. The van der Waals surface area contributed by atoms with Crippen LogP contribution in [0.5, 0.6) is 11.5 Å². The highest BCUT2D eigenvalue weighted by atomic mass is 35.5. The van der Waals surface area contributed by atoms with Gasteiger partial charge in [0, 0.05) is 24.4 Å². The Bertz CT molecular complexity index is 1110. The van der Waals surface area contributed by atoms with Gasteiger partial charge in [0.25, 0.3) is 5.91 Å². The molecule has 0 saturated carbocycles. The molecule has 0 unspecified atom stereocenters. The summed E-state index contributed by atoms with van der Waals surface area (Å²) in [5, 5.41) is 5.39. The average Bonchev–Trinajstić information content (AvgIpc) is 3.36. The monoisotopic (exact) mass is 425 g/mol. The lowest BCUT2D eigenvalue weighted by atomic mass is 10.1. The fraction of sp³-hybridized carbons (Fsp3) is 0.304. The van der Waals surface area contributed by atoms with Crippen molar-refractivity contribution < 1.29 is 14.3 Å². The predicted octanol–water partition coefficient (Wildman–Crippen LogP) is 5.22. The second-order valence-electron chi connectivity index (χ2n) is 7.52. The number of hydrogen-bond donors (Lipinski definition) is 0. The number of fused-ring (bicyclic) bond motifs is 1. The van der Waals surface area contributed by atoms with Crippen LogP contribution in [0.2, 0.25) is 5.02 Å². The Balaban J connectivity index is 1.68. The Morgan fingerprint density at radius 2 is 1.97 bits per heavy atom. The minimum atomic E-state index is -0.129. The third kappa shape index (κ3) is 3.52. The van der Waals surface area contributed by atoms with Crippen molar-refractivity contribution in [3.8, 4) is 17.2 Å². The zero-order valence-electron chi connectivity index (χ0n) is 17.5. The molecule has 1 amide bonds. The fourth-order valence-corrected chi connectivity index (χ4v) is 4.03. The third-order valence-electron chi connectivity index (χ3n) is 5.19. The Morgan fingerprint density at radius 1 is 1.20 bits per heavy atom. The van der Waals surface area contributed by atoms with Gasteiger partial charge in [-0.2, -0.15) is 5.10 Å². The molecular formula is C23H24ClN3O3. The molecule has 2 aromatic carbocycles. The lowest BCUT2D eigenvalue weighted by Gasteiger charge is -2.18. The van der Waals surface area contributed by atoms with E-state index in [9.17, 15) is 4.79 Å². The van der Waals surface area contributed by atoms with E-state index in [0.717, 1.165) is 29.2 Å². The number of aromatic nitrogens is 2. The van der Waals surface area contributed by atoms with Crippen LogP contribution in [0.15, 0.2) is 42.5 Å². The van der Waals surface area contributed by atoms with Gasteiger partial charge in [-0.15, -0.1) is 0 Å². The van der Waals surface area contributed by atoms with E-state index in [-0.39, 0.29) is 18.6 Å². The number of nitrogens with zero attached hydrogens (tertiary/aromatic N) is 3. The van der Waals surface area contributed by atoms with Crippen LogP contribution in [0.1, 0.15) is 48.4 Å². The highest BCUT2D eigenvalue weighted by Crippen LogP contribution is 2.36. The number of rotatable bonds is 5. The molecule has 1 aromatic heterocycles. The lowest BCUT2D eigenvalue weighted by molar-refractivity contribution is 0.0993. The molecule has 0 radical (unpaired) electrons. The van der Waals surface area contributed by atoms with Crippen LogP contribution in [0.25, 0.3) is 5.69 Å². The number of amides is 1. The zero-order valence-corrected chi connectivity index (χ0v) is 18.2. The molecule has 156 valence electrons. The van der Waals surface area contributed by atoms with Gasteiger partial charge in [-0.3, -0.25) is 4.79 Å². The molecular weight excluding hydrogens is 402 g/mol. The maximum absolute atomic E-state index is 13.2. The molecule has 0 N–H and O–H groups in total. The summed E-state index contributed by atoms with van der Waals surface area (Å²) in [5.41, 5.74) is 3.90. The maximum Gasteiger partial charge on any atom is 0.258 e. The van der Waals surface area contributed by atoms with E-state index >= 15 is 0 Å². The van der Waals surface area contributed by atoms with Gasteiger partial charge >= 0.3 is 0 Å². The molecule has 30 heavy (non-hydrogen) atoms. The predicted molar refractivity (Wildman–Crippen MR) is 117 cm³/mol. The van der Waals surface area contributed by atoms with E-state index in [1.807, 2.05) is 48.0 Å². The van der Waals surface area contributed by atoms with Crippen LogP contribution >= 0.6 is 11.6 Å². The van der Waals surface area contributed by atoms with Crippen LogP contribution in [-0.2, 0) is 6.42 Å². The van der Waals surface area contributed by atoms with Crippen molar-refractivity contribution in [2.75, 3.05) is 18.7 Å². The van der Waals surface area contributed by atoms with E-state index in [2.05, 4.69) is 13.8 Å². The van der Waals surface area contributed by atoms with Crippen molar-refractivity contribution >= 4 is 23.2 Å². The number of carbonyl (C=O) groups excluding carboxylic acids is 1. The Labute approximate surface area is 181 Å². The maximum atomic E-state index is 13.2. The van der Waals surface area contributed by atoms with Gasteiger partial charge in [0.2, 0.25) is 6.79 Å². The van der Waals surface area contributed by atoms with Crippen LogP contribution in [0, 0.1) is 0 Å². The SMILES string of the molecule is CCc1nn(-c2cccc(C(=O)N(C)c3ccc4c(c3)OCO4)c2)c(C(C)C)c1Cl. The molecule has 1 aliphatic heterocycles. The van der Waals surface area contributed by atoms with Crippen molar-refractivity contribution in [3.05, 3.63) is 64.4 Å². The normalized spacial score (nSPS) is 12.5.